The molecule has 3 saturated carbocycles. The van der Waals surface area contributed by atoms with Crippen LogP contribution in [0.4, 0.5) is 15.3 Å². The van der Waals surface area contributed by atoms with Crippen molar-refractivity contribution in [1.82, 2.24) is 0 Å². The van der Waals surface area contributed by atoms with E-state index in [0.717, 1.165) is 44.1 Å². The average Bonchev–Trinajstić information content (AvgIpc) is 4.25. The zero-order chi connectivity index (χ0) is 52.7. The van der Waals surface area contributed by atoms with Crippen molar-refractivity contribution in [2.45, 2.75) is 73.6 Å². The molecule has 392 valence electrons. The summed E-state index contributed by atoms with van der Waals surface area (Å²) < 4.78 is 105. The summed E-state index contributed by atoms with van der Waals surface area (Å²) in [6.07, 6.45) is 4.78. The van der Waals surface area contributed by atoms with Gasteiger partial charge in [0.2, 0.25) is 0 Å². The molecule has 0 heterocycles. The molecule has 3 aliphatic carbocycles. The van der Waals surface area contributed by atoms with Crippen molar-refractivity contribution in [3.05, 3.63) is 151 Å². The molecular formula is C55H60N2O14S3. The van der Waals surface area contributed by atoms with E-state index in [1.807, 2.05) is 24.3 Å². The Morgan fingerprint density at radius 3 is 1.05 bits per heavy atom. The molecule has 0 radical (unpaired) electrons. The molecule has 0 unspecified atom stereocenters. The van der Waals surface area contributed by atoms with Crippen LogP contribution in [0.1, 0.15) is 57.9 Å². The molecule has 16 nitrogen and oxygen atoms in total. The molecule has 3 N–H and O–H groups in total. The van der Waals surface area contributed by atoms with Crippen molar-refractivity contribution >= 4 is 47.4 Å². The number of anilines is 1. The molecule has 6 aromatic rings. The number of benzene rings is 6. The first-order valence-corrected chi connectivity index (χ1v) is 29.2. The van der Waals surface area contributed by atoms with E-state index < -0.39 is 41.8 Å². The van der Waals surface area contributed by atoms with Gasteiger partial charge in [-0.1, -0.05) is 12.1 Å². The third-order valence-corrected chi connectivity index (χ3v) is 17.2. The second-order valence-corrected chi connectivity index (χ2v) is 24.0. The summed E-state index contributed by atoms with van der Waals surface area (Å²) >= 11 is 0. The summed E-state index contributed by atoms with van der Waals surface area (Å²) in [7, 11) is -9.61. The van der Waals surface area contributed by atoms with Crippen LogP contribution in [0.15, 0.2) is 160 Å². The van der Waals surface area contributed by atoms with E-state index in [0.29, 0.717) is 91.5 Å². The van der Waals surface area contributed by atoms with E-state index in [-0.39, 0.29) is 23.9 Å². The number of hydrogen-bond acceptors (Lipinski definition) is 15. The monoisotopic (exact) mass is 1070 g/mol. The molecule has 1 amide bonds. The predicted molar refractivity (Wildman–Crippen MR) is 279 cm³/mol. The number of carbonyl (C=O) groups is 2. The Kier molecular flexibility index (Phi) is 18.8. The summed E-state index contributed by atoms with van der Waals surface area (Å²) in [4.78, 5) is 23.6. The number of sulfone groups is 3. The second kappa shape index (κ2) is 25.3. The van der Waals surface area contributed by atoms with Gasteiger partial charge in [0, 0.05) is 12.2 Å². The highest BCUT2D eigenvalue weighted by atomic mass is 32.2. The van der Waals surface area contributed by atoms with Gasteiger partial charge in [-0.3, -0.25) is 5.32 Å². The standard InChI is InChI=1S/C19H21NO5S.C19H20O6S.C17H19NO3S/c1-2-24-19(21)20-15-5-7-16(8-6-15)25-17-9-11-18(12-10-17)26(22,23)13-14-3-4-14;1-2-23-19(20)25-17-7-5-15(6-8-17)24-16-9-11-18(12-10-16)26(21,22)13-14-3-4-14;18-11-13-3-5-15(6-4-13)21-16-7-9-17(10-8-16)22(19,20)12-14-1-2-14/h5-12,14H,2-4,13H2,1H3,(H,20,21);5-12,14H,2-4,13H2,1H3;3-10,14H,1-2,11-12,18H2. The topological polar surface area (TPSA) is 230 Å². The Labute approximate surface area is 432 Å². The average molecular weight is 1070 g/mol. The number of nitrogens with two attached hydrogens (primary N) is 1. The van der Waals surface area contributed by atoms with Gasteiger partial charge in [-0.05, 0) is 209 Å². The van der Waals surface area contributed by atoms with Gasteiger partial charge in [-0.25, -0.2) is 34.8 Å². The minimum Gasteiger partial charge on any atom is -0.457 e. The molecule has 0 aromatic heterocycles. The lowest BCUT2D eigenvalue weighted by Crippen LogP contribution is -2.12. The third kappa shape index (κ3) is 17.6. The zero-order valence-electron chi connectivity index (χ0n) is 41.1. The summed E-state index contributed by atoms with van der Waals surface area (Å²) in [5.74, 6) is 5.52. The first-order chi connectivity index (χ1) is 35.5. The maximum absolute atomic E-state index is 12.2. The van der Waals surface area contributed by atoms with Crippen LogP contribution < -0.4 is 30.0 Å². The molecule has 0 aliphatic heterocycles. The smallest absolute Gasteiger partial charge is 0.457 e. The highest BCUT2D eigenvalue weighted by Gasteiger charge is 2.31. The first kappa shape index (κ1) is 54.8. The molecule has 74 heavy (non-hydrogen) atoms. The first-order valence-electron chi connectivity index (χ1n) is 24.3. The van der Waals surface area contributed by atoms with Crippen LogP contribution in [0.3, 0.4) is 0 Å². The van der Waals surface area contributed by atoms with Crippen LogP contribution in [0.2, 0.25) is 0 Å². The predicted octanol–water partition coefficient (Wildman–Crippen LogP) is 11.6. The fraction of sp³-hybridized carbons (Fsp3) is 0.309. The lowest BCUT2D eigenvalue weighted by molar-refractivity contribution is 0.104. The maximum atomic E-state index is 12.2. The van der Waals surface area contributed by atoms with E-state index >= 15 is 0 Å². The van der Waals surface area contributed by atoms with Crippen molar-refractivity contribution in [1.29, 1.82) is 0 Å². The SMILES string of the molecule is CCOC(=O)Nc1ccc(Oc2ccc(S(=O)(=O)CC3CC3)cc2)cc1.CCOC(=O)Oc1ccc(Oc2ccc(S(=O)(=O)CC3CC3)cc2)cc1.NCc1ccc(Oc2ccc(S(=O)(=O)CC3CC3)cc2)cc1. The minimum atomic E-state index is -3.22. The molecule has 0 atom stereocenters. The molecule has 0 bridgehead atoms. The molecule has 3 fully saturated rings. The Balaban J connectivity index is 0.000000163. The maximum Gasteiger partial charge on any atom is 0.513 e. The van der Waals surface area contributed by atoms with Gasteiger partial charge in [0.15, 0.2) is 29.5 Å². The summed E-state index contributed by atoms with van der Waals surface area (Å²) in [5, 5.41) is 2.60. The van der Waals surface area contributed by atoms with Crippen LogP contribution in [0.25, 0.3) is 0 Å². The van der Waals surface area contributed by atoms with E-state index in [2.05, 4.69) is 5.32 Å². The van der Waals surface area contributed by atoms with Crippen LogP contribution in [0, 0.1) is 17.8 Å². The van der Waals surface area contributed by atoms with Crippen LogP contribution >= 0.6 is 0 Å². The van der Waals surface area contributed by atoms with Gasteiger partial charge in [-0.15, -0.1) is 0 Å². The Morgan fingerprint density at radius 2 is 0.743 bits per heavy atom. The molecule has 0 saturated heterocycles. The highest BCUT2D eigenvalue weighted by molar-refractivity contribution is 7.92. The van der Waals surface area contributed by atoms with Crippen molar-refractivity contribution in [3.8, 4) is 40.2 Å². The number of amides is 1. The molecule has 3 aliphatic rings. The number of rotatable bonds is 20. The van der Waals surface area contributed by atoms with Crippen molar-refractivity contribution in [3.63, 3.8) is 0 Å². The Bertz CT molecular complexity index is 2980. The van der Waals surface area contributed by atoms with E-state index in [1.54, 1.807) is 135 Å². The lowest BCUT2D eigenvalue weighted by Gasteiger charge is -2.09. The van der Waals surface area contributed by atoms with Crippen molar-refractivity contribution in [2.75, 3.05) is 35.8 Å². The number of carbonyl (C=O) groups excluding carboxylic acids is 2. The Morgan fingerprint density at radius 1 is 0.446 bits per heavy atom. The van der Waals surface area contributed by atoms with Crippen LogP contribution in [0.5, 0.6) is 40.2 Å². The summed E-state index contributed by atoms with van der Waals surface area (Å²) in [6, 6.07) is 40.2. The highest BCUT2D eigenvalue weighted by Crippen LogP contribution is 2.35. The van der Waals surface area contributed by atoms with Gasteiger partial charge in [0.05, 0.1) is 45.2 Å². The van der Waals surface area contributed by atoms with Gasteiger partial charge in [0.25, 0.3) is 0 Å². The van der Waals surface area contributed by atoms with Crippen molar-refractivity contribution < 1.29 is 63.3 Å². The normalized spacial score (nSPS) is 14.1. The van der Waals surface area contributed by atoms with Crippen molar-refractivity contribution in [2.24, 2.45) is 23.5 Å². The fourth-order valence-electron chi connectivity index (χ4n) is 7.03. The lowest BCUT2D eigenvalue weighted by atomic mass is 10.2. The molecule has 9 rings (SSSR count). The van der Waals surface area contributed by atoms with Gasteiger partial charge < -0.3 is 34.2 Å². The quantitative estimate of drug-likeness (QED) is 0.0535. The Hall–Kier alpha value is -6.93. The molecule has 19 heteroatoms. The van der Waals surface area contributed by atoms with Crippen LogP contribution in [-0.4, -0.2) is 68.0 Å². The number of hydrogen-bond donors (Lipinski definition) is 2. The zero-order valence-corrected chi connectivity index (χ0v) is 43.5. The van der Waals surface area contributed by atoms with E-state index in [4.69, 9.17) is 34.2 Å². The molecule has 6 aromatic carbocycles. The molecular weight excluding hydrogens is 1010 g/mol. The largest absolute Gasteiger partial charge is 0.513 e. The van der Waals surface area contributed by atoms with Gasteiger partial charge in [0.1, 0.15) is 40.2 Å². The van der Waals surface area contributed by atoms with Gasteiger partial charge in [-0.2, -0.15) is 0 Å². The van der Waals surface area contributed by atoms with Gasteiger partial charge >= 0.3 is 12.2 Å². The number of nitrogens with one attached hydrogen (secondary N) is 1. The van der Waals surface area contributed by atoms with E-state index in [1.165, 1.54) is 0 Å². The third-order valence-electron chi connectivity index (χ3n) is 11.5. The second-order valence-electron chi connectivity index (χ2n) is 17.9. The molecule has 0 spiro atoms. The summed E-state index contributed by atoms with van der Waals surface area (Å²) in [5.41, 5.74) is 7.18. The number of ether oxygens (including phenoxy) is 6. The minimum absolute atomic E-state index is 0.217. The van der Waals surface area contributed by atoms with E-state index in [9.17, 15) is 34.8 Å². The van der Waals surface area contributed by atoms with Crippen LogP contribution in [-0.2, 0) is 45.5 Å². The fourth-order valence-corrected chi connectivity index (χ4v) is 12.1. The summed E-state index contributed by atoms with van der Waals surface area (Å²) in [6.45, 7) is 4.47.